The van der Waals surface area contributed by atoms with E-state index in [4.69, 9.17) is 4.42 Å². The molecule has 0 aliphatic rings. The second kappa shape index (κ2) is 3.73. The molecular formula is C13H9NO4. The molecule has 2 heterocycles. The van der Waals surface area contributed by atoms with Gasteiger partial charge in [0.25, 0.3) is 5.56 Å². The van der Waals surface area contributed by atoms with Crippen molar-refractivity contribution in [1.82, 2.24) is 4.98 Å². The molecule has 3 aromatic rings. The van der Waals surface area contributed by atoms with Crippen LogP contribution in [0.25, 0.3) is 21.9 Å². The van der Waals surface area contributed by atoms with Crippen molar-refractivity contribution in [2.24, 2.45) is 0 Å². The largest absolute Gasteiger partial charge is 0.465 e. The molecule has 0 amide bonds. The molecule has 0 bridgehead atoms. The van der Waals surface area contributed by atoms with Crippen LogP contribution in [0.2, 0.25) is 0 Å². The number of benzene rings is 1. The number of rotatable bonds is 1. The van der Waals surface area contributed by atoms with Gasteiger partial charge in [-0.2, -0.15) is 0 Å². The highest BCUT2D eigenvalue weighted by Gasteiger charge is 2.11. The molecule has 0 unspecified atom stereocenters. The van der Waals surface area contributed by atoms with E-state index in [9.17, 15) is 9.59 Å². The molecule has 1 N–H and O–H groups in total. The summed E-state index contributed by atoms with van der Waals surface area (Å²) in [5, 5.41) is 1.55. The van der Waals surface area contributed by atoms with Gasteiger partial charge in [-0.05, 0) is 18.2 Å². The molecule has 1 aromatic carbocycles. The first kappa shape index (κ1) is 10.6. The van der Waals surface area contributed by atoms with E-state index in [2.05, 4.69) is 9.72 Å². The molecule has 0 spiro atoms. The molecular weight excluding hydrogens is 234 g/mol. The first-order valence-corrected chi connectivity index (χ1v) is 5.32. The van der Waals surface area contributed by atoms with Crippen LogP contribution in [-0.4, -0.2) is 18.1 Å². The van der Waals surface area contributed by atoms with Gasteiger partial charge in [-0.1, -0.05) is 6.07 Å². The number of furan rings is 1. The first-order valence-electron chi connectivity index (χ1n) is 5.32. The second-order valence-corrected chi connectivity index (χ2v) is 3.87. The minimum Gasteiger partial charge on any atom is -0.465 e. The maximum absolute atomic E-state index is 11.7. The van der Waals surface area contributed by atoms with Gasteiger partial charge in [0.1, 0.15) is 0 Å². The van der Waals surface area contributed by atoms with Gasteiger partial charge in [-0.25, -0.2) is 4.79 Å². The molecule has 0 aliphatic heterocycles. The number of H-pyrrole nitrogens is 1. The molecule has 2 aromatic heterocycles. The van der Waals surface area contributed by atoms with E-state index in [1.165, 1.54) is 13.4 Å². The fourth-order valence-electron chi connectivity index (χ4n) is 2.00. The number of carbonyl (C=O) groups excluding carboxylic acids is 1. The molecule has 90 valence electrons. The number of methoxy groups -OCH3 is 1. The van der Waals surface area contributed by atoms with Crippen LogP contribution in [0.4, 0.5) is 0 Å². The van der Waals surface area contributed by atoms with Crippen molar-refractivity contribution in [1.29, 1.82) is 0 Å². The Morgan fingerprint density at radius 2 is 2.11 bits per heavy atom. The van der Waals surface area contributed by atoms with E-state index >= 15 is 0 Å². The molecule has 0 saturated heterocycles. The standard InChI is InChI=1S/C13H9NO4/c1-17-13(16)7-2-3-8-9-4-5-18-11(9)12(15)14-10(8)6-7/h2-6H,1H3,(H,14,15). The summed E-state index contributed by atoms with van der Waals surface area (Å²) in [7, 11) is 1.31. The van der Waals surface area contributed by atoms with Gasteiger partial charge in [0, 0.05) is 16.3 Å². The van der Waals surface area contributed by atoms with Gasteiger partial charge >= 0.3 is 5.97 Å². The molecule has 5 heteroatoms. The Hall–Kier alpha value is -2.56. The Balaban J connectivity index is 2.39. The van der Waals surface area contributed by atoms with E-state index in [1.807, 2.05) is 0 Å². The van der Waals surface area contributed by atoms with Crippen LogP contribution < -0.4 is 5.56 Å². The topological polar surface area (TPSA) is 72.3 Å². The maximum atomic E-state index is 11.7. The van der Waals surface area contributed by atoms with Crippen molar-refractivity contribution in [3.8, 4) is 0 Å². The van der Waals surface area contributed by atoms with Crippen molar-refractivity contribution in [2.45, 2.75) is 0 Å². The van der Waals surface area contributed by atoms with E-state index in [-0.39, 0.29) is 11.1 Å². The summed E-state index contributed by atoms with van der Waals surface area (Å²) in [4.78, 5) is 25.8. The normalized spacial score (nSPS) is 10.9. The fraction of sp³-hybridized carbons (Fsp3) is 0.0769. The highest BCUT2D eigenvalue weighted by atomic mass is 16.5. The zero-order valence-corrected chi connectivity index (χ0v) is 9.52. The number of fused-ring (bicyclic) bond motifs is 3. The molecule has 18 heavy (non-hydrogen) atoms. The van der Waals surface area contributed by atoms with Gasteiger partial charge < -0.3 is 14.1 Å². The van der Waals surface area contributed by atoms with E-state index in [0.717, 1.165) is 10.8 Å². The minimum atomic E-state index is -0.440. The Morgan fingerprint density at radius 1 is 1.28 bits per heavy atom. The van der Waals surface area contributed by atoms with Crippen molar-refractivity contribution < 1.29 is 13.9 Å². The van der Waals surface area contributed by atoms with E-state index < -0.39 is 5.97 Å². The van der Waals surface area contributed by atoms with Gasteiger partial charge in [0.2, 0.25) is 0 Å². The maximum Gasteiger partial charge on any atom is 0.337 e. The van der Waals surface area contributed by atoms with Crippen molar-refractivity contribution in [2.75, 3.05) is 7.11 Å². The Kier molecular flexibility index (Phi) is 2.19. The van der Waals surface area contributed by atoms with Crippen LogP contribution in [0.5, 0.6) is 0 Å². The fourth-order valence-corrected chi connectivity index (χ4v) is 2.00. The Morgan fingerprint density at radius 3 is 2.89 bits per heavy atom. The molecule has 0 saturated carbocycles. The SMILES string of the molecule is COC(=O)c1ccc2c(c1)[nH]c(=O)c1occc12. The van der Waals surface area contributed by atoms with Crippen LogP contribution in [0.1, 0.15) is 10.4 Å². The number of ether oxygens (including phenoxy) is 1. The van der Waals surface area contributed by atoms with Gasteiger partial charge in [-0.15, -0.1) is 0 Å². The summed E-state index contributed by atoms with van der Waals surface area (Å²) in [5.41, 5.74) is 0.943. The van der Waals surface area contributed by atoms with Crippen molar-refractivity contribution in [3.63, 3.8) is 0 Å². The third kappa shape index (κ3) is 1.41. The Bertz CT molecular complexity index is 813. The summed E-state index contributed by atoms with van der Waals surface area (Å²) in [6.45, 7) is 0. The summed E-state index contributed by atoms with van der Waals surface area (Å²) in [5.74, 6) is -0.440. The number of aromatic amines is 1. The molecule has 0 radical (unpaired) electrons. The predicted molar refractivity (Wildman–Crippen MR) is 65.7 cm³/mol. The van der Waals surface area contributed by atoms with E-state index in [0.29, 0.717) is 11.1 Å². The number of esters is 1. The molecule has 0 aliphatic carbocycles. The highest BCUT2D eigenvalue weighted by molar-refractivity contribution is 6.05. The zero-order chi connectivity index (χ0) is 12.7. The molecule has 0 atom stereocenters. The highest BCUT2D eigenvalue weighted by Crippen LogP contribution is 2.22. The van der Waals surface area contributed by atoms with Crippen LogP contribution in [0.3, 0.4) is 0 Å². The minimum absolute atomic E-state index is 0.285. The summed E-state index contributed by atoms with van der Waals surface area (Å²) < 4.78 is 9.76. The number of aromatic nitrogens is 1. The lowest BCUT2D eigenvalue weighted by Gasteiger charge is -2.02. The number of pyridine rings is 1. The molecule has 0 fully saturated rings. The van der Waals surface area contributed by atoms with Gasteiger partial charge in [-0.3, -0.25) is 4.79 Å². The third-order valence-corrected chi connectivity index (χ3v) is 2.85. The number of nitrogens with one attached hydrogen (secondary N) is 1. The lowest BCUT2D eigenvalue weighted by molar-refractivity contribution is 0.0601. The van der Waals surface area contributed by atoms with Crippen LogP contribution in [0, 0.1) is 0 Å². The van der Waals surface area contributed by atoms with Crippen LogP contribution >= 0.6 is 0 Å². The molecule has 5 nitrogen and oxygen atoms in total. The zero-order valence-electron chi connectivity index (χ0n) is 9.52. The summed E-state index contributed by atoms with van der Waals surface area (Å²) >= 11 is 0. The number of hydrogen-bond acceptors (Lipinski definition) is 4. The van der Waals surface area contributed by atoms with Crippen LogP contribution in [-0.2, 0) is 4.74 Å². The summed E-state index contributed by atoms with van der Waals surface area (Å²) in [6.07, 6.45) is 1.47. The predicted octanol–water partition coefficient (Wildman–Crippen LogP) is 2.06. The molecule has 3 rings (SSSR count). The third-order valence-electron chi connectivity index (χ3n) is 2.85. The average Bonchev–Trinajstić information content (AvgIpc) is 2.87. The Labute approximate surface area is 101 Å². The van der Waals surface area contributed by atoms with E-state index in [1.54, 1.807) is 24.3 Å². The lowest BCUT2D eigenvalue weighted by atomic mass is 10.1. The number of hydrogen-bond donors (Lipinski definition) is 1. The van der Waals surface area contributed by atoms with Crippen molar-refractivity contribution >= 4 is 27.8 Å². The first-order chi connectivity index (χ1) is 8.70. The quantitative estimate of drug-likeness (QED) is 0.664. The lowest BCUT2D eigenvalue weighted by Crippen LogP contribution is -2.06. The number of carbonyl (C=O) groups is 1. The average molecular weight is 243 g/mol. The van der Waals surface area contributed by atoms with Gasteiger partial charge in [0.05, 0.1) is 18.9 Å². The monoisotopic (exact) mass is 243 g/mol. The van der Waals surface area contributed by atoms with Crippen molar-refractivity contribution in [3.05, 3.63) is 46.4 Å². The van der Waals surface area contributed by atoms with Gasteiger partial charge in [0.15, 0.2) is 5.58 Å². The second-order valence-electron chi connectivity index (χ2n) is 3.87. The smallest absolute Gasteiger partial charge is 0.337 e. The summed E-state index contributed by atoms with van der Waals surface area (Å²) in [6, 6.07) is 6.73. The van der Waals surface area contributed by atoms with Crippen LogP contribution in [0.15, 0.2) is 39.7 Å².